The predicted molar refractivity (Wildman–Crippen MR) is 58.0 cm³/mol. The molecule has 0 unspecified atom stereocenters. The van der Waals surface area contributed by atoms with E-state index in [-0.39, 0.29) is 12.3 Å². The molecule has 6 heteroatoms. The summed E-state index contributed by atoms with van der Waals surface area (Å²) in [5, 5.41) is 0. The molecule has 0 fully saturated rings. The average molecular weight is 224 g/mol. The van der Waals surface area contributed by atoms with Crippen LogP contribution >= 0.6 is 12.2 Å². The first-order valence-electron chi connectivity index (χ1n) is 3.98. The van der Waals surface area contributed by atoms with Crippen LogP contribution in [0.15, 0.2) is 0 Å². The molecule has 0 saturated heterocycles. The molecule has 78 valence electrons. The van der Waals surface area contributed by atoms with Crippen LogP contribution in [0.3, 0.4) is 0 Å². The zero-order valence-corrected chi connectivity index (χ0v) is 9.76. The normalized spacial score (nSPS) is 12.8. The molecule has 0 aliphatic rings. The van der Waals surface area contributed by atoms with Crippen molar-refractivity contribution in [2.24, 2.45) is 11.1 Å². The minimum absolute atomic E-state index is 0.0699. The summed E-state index contributed by atoms with van der Waals surface area (Å²) in [5.74, 6) is 0.0699. The van der Waals surface area contributed by atoms with Crippen LogP contribution < -0.4 is 10.5 Å². The number of nitrogens with two attached hydrogens (primary N) is 1. The molecular weight excluding hydrogens is 208 g/mol. The van der Waals surface area contributed by atoms with Crippen molar-refractivity contribution in [1.82, 2.24) is 4.72 Å². The second kappa shape index (κ2) is 4.34. The molecule has 3 N–H and O–H groups in total. The summed E-state index contributed by atoms with van der Waals surface area (Å²) >= 11 is 4.80. The molecule has 13 heavy (non-hydrogen) atoms. The van der Waals surface area contributed by atoms with Gasteiger partial charge in [-0.3, -0.25) is 0 Å². The summed E-state index contributed by atoms with van der Waals surface area (Å²) in [6.45, 7) is 5.43. The molecule has 0 saturated carbocycles. The molecule has 0 aromatic rings. The van der Waals surface area contributed by atoms with Crippen molar-refractivity contribution in [2.75, 3.05) is 12.3 Å². The van der Waals surface area contributed by atoms with E-state index in [0.29, 0.717) is 4.99 Å². The van der Waals surface area contributed by atoms with Gasteiger partial charge < -0.3 is 5.73 Å². The highest BCUT2D eigenvalue weighted by molar-refractivity contribution is 7.89. The van der Waals surface area contributed by atoms with Gasteiger partial charge in [0.05, 0.1) is 10.7 Å². The van der Waals surface area contributed by atoms with Crippen LogP contribution in [0.1, 0.15) is 20.8 Å². The summed E-state index contributed by atoms with van der Waals surface area (Å²) < 4.78 is 24.6. The molecule has 0 bridgehead atoms. The zero-order chi connectivity index (χ0) is 10.7. The Morgan fingerprint density at radius 3 is 2.31 bits per heavy atom. The largest absolute Gasteiger partial charge is 0.393 e. The maximum atomic E-state index is 11.1. The monoisotopic (exact) mass is 224 g/mol. The Morgan fingerprint density at radius 2 is 2.00 bits per heavy atom. The molecule has 0 spiro atoms. The van der Waals surface area contributed by atoms with Crippen molar-refractivity contribution >= 4 is 27.2 Å². The maximum Gasteiger partial charge on any atom is 0.211 e. The van der Waals surface area contributed by atoms with Gasteiger partial charge in [-0.1, -0.05) is 26.1 Å². The van der Waals surface area contributed by atoms with Crippen LogP contribution in [-0.4, -0.2) is 25.7 Å². The van der Waals surface area contributed by atoms with Gasteiger partial charge in [0.15, 0.2) is 0 Å². The van der Waals surface area contributed by atoms with Crippen molar-refractivity contribution in [1.29, 1.82) is 0 Å². The predicted octanol–water partition coefficient (Wildman–Crippen LogP) is 0.238. The number of hydrogen-bond donors (Lipinski definition) is 2. The molecule has 0 radical (unpaired) electrons. The Hall–Kier alpha value is -0.200. The molecule has 0 aromatic heterocycles. The highest BCUT2D eigenvalue weighted by Gasteiger charge is 2.23. The average Bonchev–Trinajstić information content (AvgIpc) is 2.01. The first-order valence-corrected chi connectivity index (χ1v) is 6.04. The van der Waals surface area contributed by atoms with Crippen molar-refractivity contribution in [2.45, 2.75) is 20.8 Å². The minimum atomic E-state index is -3.15. The quantitative estimate of drug-likeness (QED) is 0.656. The Bertz CT molecular complexity index is 283. The van der Waals surface area contributed by atoms with Crippen LogP contribution in [0, 0.1) is 5.41 Å². The van der Waals surface area contributed by atoms with Crippen molar-refractivity contribution < 1.29 is 8.42 Å². The zero-order valence-electron chi connectivity index (χ0n) is 8.12. The fraction of sp³-hybridized carbons (Fsp3) is 0.857. The minimum Gasteiger partial charge on any atom is -0.393 e. The Balaban J connectivity index is 4.26. The Morgan fingerprint density at radius 1 is 1.54 bits per heavy atom. The van der Waals surface area contributed by atoms with E-state index in [1.165, 1.54) is 0 Å². The summed E-state index contributed by atoms with van der Waals surface area (Å²) in [4.78, 5) is 0.311. The third kappa shape index (κ3) is 4.54. The van der Waals surface area contributed by atoms with Gasteiger partial charge in [0.1, 0.15) is 0 Å². The van der Waals surface area contributed by atoms with Crippen LogP contribution in [-0.2, 0) is 10.0 Å². The van der Waals surface area contributed by atoms with Gasteiger partial charge in [0, 0.05) is 12.0 Å². The number of hydrogen-bond acceptors (Lipinski definition) is 3. The fourth-order valence-electron chi connectivity index (χ4n) is 0.480. The summed E-state index contributed by atoms with van der Waals surface area (Å²) in [6, 6.07) is 0. The van der Waals surface area contributed by atoms with Gasteiger partial charge in [0.25, 0.3) is 0 Å². The highest BCUT2D eigenvalue weighted by Crippen LogP contribution is 2.13. The van der Waals surface area contributed by atoms with E-state index in [0.717, 1.165) is 0 Å². The standard InChI is InChI=1S/C7H16N2O2S2/c1-4-13(10,11)9-5-7(2,3)6(8)12/h9H,4-5H2,1-3H3,(H2,8,12). The number of sulfonamides is 1. The molecule has 0 amide bonds. The molecular formula is C7H16N2O2S2. The van der Waals surface area contributed by atoms with Gasteiger partial charge >= 0.3 is 0 Å². The second-order valence-corrected chi connectivity index (χ2v) is 6.01. The van der Waals surface area contributed by atoms with Crippen LogP contribution in [0.5, 0.6) is 0 Å². The maximum absolute atomic E-state index is 11.1. The lowest BCUT2D eigenvalue weighted by atomic mass is 9.94. The summed E-state index contributed by atoms with van der Waals surface area (Å²) in [7, 11) is -3.15. The van der Waals surface area contributed by atoms with Gasteiger partial charge in [-0.25, -0.2) is 13.1 Å². The lowest BCUT2D eigenvalue weighted by molar-refractivity contribution is 0.502. The van der Waals surface area contributed by atoms with Crippen LogP contribution in [0.4, 0.5) is 0 Å². The van der Waals surface area contributed by atoms with E-state index in [9.17, 15) is 8.42 Å². The lowest BCUT2D eigenvalue weighted by Crippen LogP contribution is -2.41. The first kappa shape index (κ1) is 12.8. The smallest absolute Gasteiger partial charge is 0.211 e. The number of rotatable bonds is 5. The van der Waals surface area contributed by atoms with Crippen LogP contribution in [0.2, 0.25) is 0 Å². The summed E-state index contributed by atoms with van der Waals surface area (Å²) in [6.07, 6.45) is 0. The van der Waals surface area contributed by atoms with Gasteiger partial charge in [-0.05, 0) is 6.92 Å². The van der Waals surface area contributed by atoms with E-state index in [2.05, 4.69) is 4.72 Å². The third-order valence-electron chi connectivity index (χ3n) is 1.78. The van der Waals surface area contributed by atoms with Gasteiger partial charge in [-0.2, -0.15) is 0 Å². The van der Waals surface area contributed by atoms with Gasteiger partial charge in [-0.15, -0.1) is 0 Å². The van der Waals surface area contributed by atoms with Crippen molar-refractivity contribution in [3.8, 4) is 0 Å². The van der Waals surface area contributed by atoms with E-state index in [1.807, 2.05) is 0 Å². The molecule has 0 atom stereocenters. The van der Waals surface area contributed by atoms with Crippen LogP contribution in [0.25, 0.3) is 0 Å². The second-order valence-electron chi connectivity index (χ2n) is 3.47. The number of nitrogens with one attached hydrogen (secondary N) is 1. The SMILES string of the molecule is CCS(=O)(=O)NCC(C)(C)C(N)=S. The Kier molecular flexibility index (Phi) is 4.28. The topological polar surface area (TPSA) is 72.2 Å². The van der Waals surface area contributed by atoms with Gasteiger partial charge in [0.2, 0.25) is 10.0 Å². The molecule has 0 aliphatic carbocycles. The molecule has 0 aromatic carbocycles. The van der Waals surface area contributed by atoms with E-state index < -0.39 is 15.4 Å². The van der Waals surface area contributed by atoms with E-state index >= 15 is 0 Å². The molecule has 0 aliphatic heterocycles. The van der Waals surface area contributed by atoms with Crippen molar-refractivity contribution in [3.05, 3.63) is 0 Å². The Labute approximate surface area is 84.9 Å². The lowest BCUT2D eigenvalue weighted by Gasteiger charge is -2.22. The fourth-order valence-corrected chi connectivity index (χ4v) is 1.34. The summed E-state index contributed by atoms with van der Waals surface area (Å²) in [5.41, 5.74) is 4.96. The molecule has 4 nitrogen and oxygen atoms in total. The highest BCUT2D eigenvalue weighted by atomic mass is 32.2. The molecule has 0 rings (SSSR count). The number of thiocarbonyl (C=S) groups is 1. The third-order valence-corrected chi connectivity index (χ3v) is 3.68. The molecule has 0 heterocycles. The van der Waals surface area contributed by atoms with Crippen molar-refractivity contribution in [3.63, 3.8) is 0 Å². The van der Waals surface area contributed by atoms with E-state index in [4.69, 9.17) is 18.0 Å². The van der Waals surface area contributed by atoms with E-state index in [1.54, 1.807) is 20.8 Å². The first-order chi connectivity index (χ1) is 5.71.